The molecule has 1 heterocycles. The van der Waals surface area contributed by atoms with E-state index in [1.165, 1.54) is 11.3 Å². The third-order valence-corrected chi connectivity index (χ3v) is 2.93. The number of carbonyl (C=O) groups is 1. The van der Waals surface area contributed by atoms with Gasteiger partial charge in [0, 0.05) is 5.56 Å². The highest BCUT2D eigenvalue weighted by Gasteiger charge is 2.16. The molecule has 0 fully saturated rings. The van der Waals surface area contributed by atoms with Crippen molar-refractivity contribution in [2.75, 3.05) is 0 Å². The van der Waals surface area contributed by atoms with Gasteiger partial charge >= 0.3 is 5.97 Å². The molecule has 0 saturated carbocycles. The zero-order chi connectivity index (χ0) is 12.8. The van der Waals surface area contributed by atoms with Crippen molar-refractivity contribution in [2.24, 2.45) is 0 Å². The highest BCUT2D eigenvalue weighted by molar-refractivity contribution is 7.14. The molecule has 0 saturated heterocycles. The quantitative estimate of drug-likeness (QED) is 0.879. The molecule has 17 heavy (non-hydrogen) atoms. The minimum atomic E-state index is -0.917. The molecule has 4 heteroatoms. The van der Waals surface area contributed by atoms with Crippen LogP contribution in [-0.2, 0) is 0 Å². The number of benzene rings is 1. The highest BCUT2D eigenvalue weighted by Crippen LogP contribution is 2.27. The SMILES string of the molecule is CC.Cc1nc(-c2ccccc2)c(C(=O)O)s1. The first-order valence-electron chi connectivity index (χ1n) is 5.44. The van der Waals surface area contributed by atoms with Gasteiger partial charge in [0.05, 0.1) is 10.7 Å². The van der Waals surface area contributed by atoms with Crippen molar-refractivity contribution in [3.05, 3.63) is 40.2 Å². The van der Waals surface area contributed by atoms with Gasteiger partial charge in [-0.3, -0.25) is 0 Å². The Balaban J connectivity index is 0.000000686. The summed E-state index contributed by atoms with van der Waals surface area (Å²) >= 11 is 1.21. The molecule has 2 aromatic rings. The van der Waals surface area contributed by atoms with E-state index in [0.29, 0.717) is 10.6 Å². The van der Waals surface area contributed by atoms with Crippen LogP contribution in [0, 0.1) is 6.92 Å². The Kier molecular flexibility index (Phi) is 4.84. The lowest BCUT2D eigenvalue weighted by Crippen LogP contribution is -1.95. The number of rotatable bonds is 2. The van der Waals surface area contributed by atoms with Crippen LogP contribution in [0.1, 0.15) is 28.5 Å². The summed E-state index contributed by atoms with van der Waals surface area (Å²) < 4.78 is 0. The summed E-state index contributed by atoms with van der Waals surface area (Å²) in [6.07, 6.45) is 0. The molecule has 0 aliphatic heterocycles. The summed E-state index contributed by atoms with van der Waals surface area (Å²) in [7, 11) is 0. The number of carboxylic acids is 1. The van der Waals surface area contributed by atoms with Crippen molar-refractivity contribution in [3.8, 4) is 11.3 Å². The second-order valence-corrected chi connectivity index (χ2v) is 4.28. The fourth-order valence-electron chi connectivity index (χ4n) is 1.36. The fraction of sp³-hybridized carbons (Fsp3) is 0.231. The number of carboxylic acid groups (broad SMARTS) is 1. The lowest BCUT2D eigenvalue weighted by atomic mass is 10.1. The van der Waals surface area contributed by atoms with Gasteiger partial charge in [0.15, 0.2) is 0 Å². The molecule has 0 atom stereocenters. The first-order valence-corrected chi connectivity index (χ1v) is 6.26. The van der Waals surface area contributed by atoms with Crippen LogP contribution in [0.25, 0.3) is 11.3 Å². The second-order valence-electron chi connectivity index (χ2n) is 3.08. The topological polar surface area (TPSA) is 50.2 Å². The third-order valence-electron chi connectivity index (χ3n) is 1.98. The molecule has 2 rings (SSSR count). The number of hydrogen-bond donors (Lipinski definition) is 1. The van der Waals surface area contributed by atoms with E-state index in [1.807, 2.05) is 51.1 Å². The van der Waals surface area contributed by atoms with E-state index in [-0.39, 0.29) is 0 Å². The van der Waals surface area contributed by atoms with Crippen molar-refractivity contribution in [3.63, 3.8) is 0 Å². The number of aromatic nitrogens is 1. The molecule has 1 aromatic heterocycles. The summed E-state index contributed by atoms with van der Waals surface area (Å²) in [5.74, 6) is -0.917. The van der Waals surface area contributed by atoms with Crippen molar-refractivity contribution in [1.82, 2.24) is 4.98 Å². The highest BCUT2D eigenvalue weighted by atomic mass is 32.1. The van der Waals surface area contributed by atoms with Crippen LogP contribution in [-0.4, -0.2) is 16.1 Å². The van der Waals surface area contributed by atoms with Crippen LogP contribution in [0.15, 0.2) is 30.3 Å². The minimum absolute atomic E-state index is 0.304. The van der Waals surface area contributed by atoms with Gasteiger partial charge in [-0.15, -0.1) is 11.3 Å². The zero-order valence-electron chi connectivity index (χ0n) is 10.1. The average molecular weight is 249 g/mol. The van der Waals surface area contributed by atoms with E-state index >= 15 is 0 Å². The molecule has 0 amide bonds. The molecule has 0 bridgehead atoms. The van der Waals surface area contributed by atoms with E-state index in [0.717, 1.165) is 10.6 Å². The zero-order valence-corrected chi connectivity index (χ0v) is 10.9. The first-order chi connectivity index (χ1) is 8.18. The summed E-state index contributed by atoms with van der Waals surface area (Å²) in [6.45, 7) is 5.81. The molecule has 1 N–H and O–H groups in total. The second kappa shape index (κ2) is 6.15. The molecule has 1 aromatic carbocycles. The normalized spacial score (nSPS) is 9.35. The number of aryl methyl sites for hydroxylation is 1. The van der Waals surface area contributed by atoms with Crippen molar-refractivity contribution in [1.29, 1.82) is 0 Å². The maximum absolute atomic E-state index is 11.0. The largest absolute Gasteiger partial charge is 0.477 e. The number of hydrogen-bond acceptors (Lipinski definition) is 3. The lowest BCUT2D eigenvalue weighted by Gasteiger charge is -1.97. The first kappa shape index (κ1) is 13.4. The fourth-order valence-corrected chi connectivity index (χ4v) is 2.14. The molecule has 0 spiro atoms. The van der Waals surface area contributed by atoms with Crippen LogP contribution in [0.4, 0.5) is 0 Å². The third kappa shape index (κ3) is 3.14. The van der Waals surface area contributed by atoms with Gasteiger partial charge < -0.3 is 5.11 Å². The lowest BCUT2D eigenvalue weighted by molar-refractivity contribution is 0.0702. The summed E-state index contributed by atoms with van der Waals surface area (Å²) in [6, 6.07) is 9.36. The van der Waals surface area contributed by atoms with E-state index in [9.17, 15) is 4.79 Å². The van der Waals surface area contributed by atoms with Gasteiger partial charge in [-0.1, -0.05) is 44.2 Å². The van der Waals surface area contributed by atoms with E-state index in [2.05, 4.69) is 4.98 Å². The molecule has 90 valence electrons. The summed E-state index contributed by atoms with van der Waals surface area (Å²) in [5, 5.41) is 9.78. The monoisotopic (exact) mass is 249 g/mol. The van der Waals surface area contributed by atoms with Crippen LogP contribution >= 0.6 is 11.3 Å². The average Bonchev–Trinajstić information content (AvgIpc) is 2.75. The predicted molar refractivity (Wildman–Crippen MR) is 70.6 cm³/mol. The minimum Gasteiger partial charge on any atom is -0.477 e. The Bertz CT molecular complexity index is 491. The maximum Gasteiger partial charge on any atom is 0.348 e. The van der Waals surface area contributed by atoms with Crippen LogP contribution in [0.5, 0.6) is 0 Å². The van der Waals surface area contributed by atoms with Gasteiger partial charge in [-0.05, 0) is 6.92 Å². The van der Waals surface area contributed by atoms with Crippen LogP contribution in [0.3, 0.4) is 0 Å². The van der Waals surface area contributed by atoms with Gasteiger partial charge in [0.1, 0.15) is 4.88 Å². The van der Waals surface area contributed by atoms with Crippen molar-refractivity contribution < 1.29 is 9.90 Å². The predicted octanol–water partition coefficient (Wildman–Crippen LogP) is 3.84. The Morgan fingerprint density at radius 2 is 1.82 bits per heavy atom. The maximum atomic E-state index is 11.0. The van der Waals surface area contributed by atoms with E-state index < -0.39 is 5.97 Å². The van der Waals surface area contributed by atoms with E-state index in [4.69, 9.17) is 5.11 Å². The Morgan fingerprint density at radius 1 is 1.24 bits per heavy atom. The van der Waals surface area contributed by atoms with Gasteiger partial charge in [-0.2, -0.15) is 0 Å². The Hall–Kier alpha value is -1.68. The summed E-state index contributed by atoms with van der Waals surface area (Å²) in [4.78, 5) is 15.5. The number of thiazole rings is 1. The molecule has 0 unspecified atom stereocenters. The van der Waals surface area contributed by atoms with E-state index in [1.54, 1.807) is 0 Å². The van der Waals surface area contributed by atoms with Crippen molar-refractivity contribution >= 4 is 17.3 Å². The molecule has 3 nitrogen and oxygen atoms in total. The van der Waals surface area contributed by atoms with Crippen molar-refractivity contribution in [2.45, 2.75) is 20.8 Å². The molecule has 0 aliphatic carbocycles. The van der Waals surface area contributed by atoms with Crippen LogP contribution in [0.2, 0.25) is 0 Å². The Labute approximate surface area is 105 Å². The smallest absolute Gasteiger partial charge is 0.348 e. The van der Waals surface area contributed by atoms with Gasteiger partial charge in [0.2, 0.25) is 0 Å². The molecular weight excluding hydrogens is 234 g/mol. The van der Waals surface area contributed by atoms with Crippen LogP contribution < -0.4 is 0 Å². The number of aromatic carboxylic acids is 1. The molecular formula is C13H15NO2S. The van der Waals surface area contributed by atoms with Gasteiger partial charge in [0.25, 0.3) is 0 Å². The van der Waals surface area contributed by atoms with Gasteiger partial charge in [-0.25, -0.2) is 9.78 Å². The number of nitrogens with zero attached hydrogens (tertiary/aromatic N) is 1. The molecule has 0 aliphatic rings. The Morgan fingerprint density at radius 3 is 2.35 bits per heavy atom. The summed E-state index contributed by atoms with van der Waals surface area (Å²) in [5.41, 5.74) is 1.41. The molecule has 0 radical (unpaired) electrons. The standard InChI is InChI=1S/C11H9NO2S.C2H6/c1-7-12-9(10(15-7)11(13)14)8-5-3-2-4-6-8;1-2/h2-6H,1H3,(H,13,14);1-2H3.